The van der Waals surface area contributed by atoms with E-state index in [9.17, 15) is 18.4 Å². The van der Waals surface area contributed by atoms with Crippen molar-refractivity contribution in [2.24, 2.45) is 0 Å². The molecule has 3 aromatic carbocycles. The molecule has 0 saturated heterocycles. The first-order valence-electron chi connectivity index (χ1n) is 9.77. The second kappa shape index (κ2) is 10.9. The van der Waals surface area contributed by atoms with Crippen molar-refractivity contribution in [1.29, 1.82) is 0 Å². The van der Waals surface area contributed by atoms with Gasteiger partial charge in [0.15, 0.2) is 0 Å². The molecule has 2 N–H and O–H groups in total. The van der Waals surface area contributed by atoms with Gasteiger partial charge in [-0.1, -0.05) is 48.5 Å². The van der Waals surface area contributed by atoms with E-state index < -0.39 is 24.5 Å². The summed E-state index contributed by atoms with van der Waals surface area (Å²) in [6.45, 7) is -3.29. The first-order valence-corrected chi connectivity index (χ1v) is 9.77. The highest BCUT2D eigenvalue weighted by molar-refractivity contribution is 5.96. The Bertz CT molecular complexity index is 1040. The Morgan fingerprint density at radius 3 is 2.22 bits per heavy atom. The fourth-order valence-corrected chi connectivity index (χ4v) is 3.09. The van der Waals surface area contributed by atoms with E-state index in [1.165, 1.54) is 24.3 Å². The fraction of sp³-hybridized carbons (Fsp3) is 0.167. The molecule has 1 atom stereocenters. The van der Waals surface area contributed by atoms with Crippen molar-refractivity contribution < 1.29 is 27.8 Å². The zero-order valence-corrected chi connectivity index (χ0v) is 17.3. The lowest BCUT2D eigenvalue weighted by molar-refractivity contribution is -0.120. The van der Waals surface area contributed by atoms with Crippen LogP contribution in [0.15, 0.2) is 78.9 Å². The Morgan fingerprint density at radius 1 is 0.875 bits per heavy atom. The van der Waals surface area contributed by atoms with Gasteiger partial charge in [-0.15, -0.1) is 0 Å². The number of carbonyl (C=O) groups is 2. The molecule has 0 saturated carbocycles. The third-order valence-corrected chi connectivity index (χ3v) is 4.62. The van der Waals surface area contributed by atoms with Gasteiger partial charge in [-0.3, -0.25) is 9.59 Å². The fourth-order valence-electron chi connectivity index (χ4n) is 3.09. The molecule has 0 aliphatic heterocycles. The molecule has 0 fully saturated rings. The summed E-state index contributed by atoms with van der Waals surface area (Å²) < 4.78 is 34.2. The third kappa shape index (κ3) is 6.28. The maximum atomic E-state index is 12.6. The molecule has 2 amide bonds. The molecule has 0 aliphatic carbocycles. The van der Waals surface area contributed by atoms with Crippen LogP contribution in [-0.4, -0.2) is 32.1 Å². The predicted octanol–water partition coefficient (Wildman–Crippen LogP) is 3.93. The van der Waals surface area contributed by atoms with Crippen molar-refractivity contribution in [2.75, 3.05) is 13.7 Å². The van der Waals surface area contributed by atoms with E-state index in [2.05, 4.69) is 15.4 Å². The van der Waals surface area contributed by atoms with Crippen molar-refractivity contribution in [3.8, 4) is 11.5 Å². The van der Waals surface area contributed by atoms with E-state index in [-0.39, 0.29) is 17.9 Å². The summed E-state index contributed by atoms with van der Waals surface area (Å²) in [7, 11) is 1.57. The minimum absolute atomic E-state index is 0.103. The second-order valence-electron chi connectivity index (χ2n) is 6.77. The highest BCUT2D eigenvalue weighted by Gasteiger charge is 2.18. The Morgan fingerprint density at radius 2 is 1.56 bits per heavy atom. The number of alkyl halides is 2. The molecular formula is C24H22F2N2O4. The molecular weight excluding hydrogens is 418 g/mol. The van der Waals surface area contributed by atoms with Crippen LogP contribution in [0, 0.1) is 0 Å². The van der Waals surface area contributed by atoms with Crippen molar-refractivity contribution in [3.63, 3.8) is 0 Å². The molecule has 8 heteroatoms. The summed E-state index contributed by atoms with van der Waals surface area (Å²) in [6, 6.07) is 21.6. The molecule has 0 spiro atoms. The number of methoxy groups -OCH3 is 1. The molecule has 0 aliphatic rings. The zero-order chi connectivity index (χ0) is 22.9. The Kier molecular flexibility index (Phi) is 7.75. The van der Waals surface area contributed by atoms with Crippen LogP contribution in [0.1, 0.15) is 27.5 Å². The van der Waals surface area contributed by atoms with Crippen LogP contribution < -0.4 is 20.1 Å². The van der Waals surface area contributed by atoms with Crippen molar-refractivity contribution in [1.82, 2.24) is 10.6 Å². The number of carbonyl (C=O) groups excluding carboxylic acids is 2. The summed E-state index contributed by atoms with van der Waals surface area (Å²) in [5.74, 6) is -0.443. The van der Waals surface area contributed by atoms with Gasteiger partial charge in [0.25, 0.3) is 5.91 Å². The molecule has 32 heavy (non-hydrogen) atoms. The van der Waals surface area contributed by atoms with Gasteiger partial charge in [0.2, 0.25) is 5.91 Å². The van der Waals surface area contributed by atoms with Crippen LogP contribution in [0.2, 0.25) is 0 Å². The maximum absolute atomic E-state index is 12.6. The number of ether oxygens (including phenoxy) is 2. The Labute approximate surface area is 184 Å². The predicted molar refractivity (Wildman–Crippen MR) is 115 cm³/mol. The van der Waals surface area contributed by atoms with E-state index in [0.717, 1.165) is 11.1 Å². The third-order valence-electron chi connectivity index (χ3n) is 4.62. The Hall–Kier alpha value is -3.94. The minimum Gasteiger partial charge on any atom is -0.497 e. The smallest absolute Gasteiger partial charge is 0.387 e. The monoisotopic (exact) mass is 440 g/mol. The number of hydrogen-bond acceptors (Lipinski definition) is 4. The topological polar surface area (TPSA) is 76.7 Å². The van der Waals surface area contributed by atoms with Crippen molar-refractivity contribution >= 4 is 11.8 Å². The van der Waals surface area contributed by atoms with Gasteiger partial charge in [-0.25, -0.2) is 0 Å². The average molecular weight is 440 g/mol. The summed E-state index contributed by atoms with van der Waals surface area (Å²) in [6.07, 6.45) is 0. The number of benzene rings is 3. The largest absolute Gasteiger partial charge is 0.497 e. The molecule has 0 heterocycles. The quantitative estimate of drug-likeness (QED) is 0.529. The summed E-state index contributed by atoms with van der Waals surface area (Å²) in [5.41, 5.74) is 1.81. The van der Waals surface area contributed by atoms with Crippen LogP contribution >= 0.6 is 0 Å². The van der Waals surface area contributed by atoms with E-state index in [0.29, 0.717) is 5.75 Å². The molecule has 166 valence electrons. The van der Waals surface area contributed by atoms with E-state index in [1.54, 1.807) is 19.2 Å². The first-order chi connectivity index (χ1) is 15.5. The lowest BCUT2D eigenvalue weighted by Crippen LogP contribution is -2.39. The number of amides is 2. The van der Waals surface area contributed by atoms with E-state index in [4.69, 9.17) is 4.74 Å². The van der Waals surface area contributed by atoms with Crippen molar-refractivity contribution in [3.05, 3.63) is 95.6 Å². The zero-order valence-electron chi connectivity index (χ0n) is 17.3. The average Bonchev–Trinajstić information content (AvgIpc) is 2.81. The molecule has 0 bridgehead atoms. The summed E-state index contributed by atoms with van der Waals surface area (Å²) in [5, 5.41) is 5.40. The van der Waals surface area contributed by atoms with E-state index in [1.807, 2.05) is 42.5 Å². The molecule has 6 nitrogen and oxygen atoms in total. The van der Waals surface area contributed by atoms with Gasteiger partial charge in [0, 0.05) is 5.56 Å². The van der Waals surface area contributed by atoms with E-state index >= 15 is 0 Å². The normalized spacial score (nSPS) is 11.5. The van der Waals surface area contributed by atoms with Gasteiger partial charge in [0.1, 0.15) is 11.5 Å². The van der Waals surface area contributed by atoms with Crippen LogP contribution in [0.25, 0.3) is 0 Å². The summed E-state index contributed by atoms with van der Waals surface area (Å²) >= 11 is 0. The highest BCUT2D eigenvalue weighted by atomic mass is 19.3. The highest BCUT2D eigenvalue weighted by Crippen LogP contribution is 2.24. The van der Waals surface area contributed by atoms with Gasteiger partial charge in [-0.05, 0) is 41.5 Å². The number of halogens is 2. The lowest BCUT2D eigenvalue weighted by atomic mass is 9.98. The molecule has 3 rings (SSSR count). The molecule has 0 radical (unpaired) electrons. The van der Waals surface area contributed by atoms with Gasteiger partial charge < -0.3 is 20.1 Å². The van der Waals surface area contributed by atoms with Crippen LogP contribution in [-0.2, 0) is 4.79 Å². The maximum Gasteiger partial charge on any atom is 0.387 e. The SMILES string of the molecule is COc1ccc(C(NC(=O)CNC(=O)c2cccc(OC(F)F)c2)c2ccccc2)cc1. The second-order valence-corrected chi connectivity index (χ2v) is 6.77. The lowest BCUT2D eigenvalue weighted by Gasteiger charge is -2.20. The Balaban J connectivity index is 1.67. The van der Waals surface area contributed by atoms with Gasteiger partial charge in [-0.2, -0.15) is 8.78 Å². The molecule has 0 aromatic heterocycles. The summed E-state index contributed by atoms with van der Waals surface area (Å²) in [4.78, 5) is 24.9. The van der Waals surface area contributed by atoms with Crippen molar-refractivity contribution in [2.45, 2.75) is 12.7 Å². The number of nitrogens with one attached hydrogen (secondary N) is 2. The van der Waals surface area contributed by atoms with Gasteiger partial charge in [0.05, 0.1) is 19.7 Å². The van der Waals surface area contributed by atoms with Crippen LogP contribution in [0.4, 0.5) is 8.78 Å². The van der Waals surface area contributed by atoms with Gasteiger partial charge >= 0.3 is 6.61 Å². The first kappa shape index (κ1) is 22.7. The number of rotatable bonds is 9. The minimum atomic E-state index is -2.99. The van der Waals surface area contributed by atoms with Crippen LogP contribution in [0.5, 0.6) is 11.5 Å². The number of hydrogen-bond donors (Lipinski definition) is 2. The van der Waals surface area contributed by atoms with Crippen LogP contribution in [0.3, 0.4) is 0 Å². The molecule has 1 unspecified atom stereocenters. The standard InChI is InChI=1S/C24H22F2N2O4/c1-31-19-12-10-17(11-13-19)22(16-6-3-2-4-7-16)28-21(29)15-27-23(30)18-8-5-9-20(14-18)32-24(25)26/h2-14,22,24H,15H2,1H3,(H,27,30)(H,28,29). The molecule has 3 aromatic rings.